The second-order valence-corrected chi connectivity index (χ2v) is 4.84. The van der Waals surface area contributed by atoms with E-state index in [4.69, 9.17) is 0 Å². The summed E-state index contributed by atoms with van der Waals surface area (Å²) in [6.45, 7) is 2.54. The number of aryl methyl sites for hydroxylation is 1. The van der Waals surface area contributed by atoms with Crippen LogP contribution in [0.2, 0.25) is 0 Å². The molecular weight excluding hydrogens is 214 g/mol. The number of phenolic OH excluding ortho intramolecular Hbond substituents is 1. The number of nitrogens with one attached hydrogen (secondary N) is 1. The van der Waals surface area contributed by atoms with Crippen LogP contribution >= 0.6 is 0 Å². The normalized spacial score (nSPS) is 14.6. The summed E-state index contributed by atoms with van der Waals surface area (Å²) in [6.07, 6.45) is 4.99. The maximum absolute atomic E-state index is 11.7. The van der Waals surface area contributed by atoms with Crippen molar-refractivity contribution in [3.63, 3.8) is 0 Å². The molecule has 1 fully saturated rings. The lowest BCUT2D eigenvalue weighted by Gasteiger charge is -2.06. The molecule has 17 heavy (non-hydrogen) atoms. The quantitative estimate of drug-likeness (QED) is 0.768. The highest BCUT2D eigenvalue weighted by Gasteiger charge is 2.20. The second-order valence-electron chi connectivity index (χ2n) is 4.84. The number of carbonyl (C=O) groups excluding carboxylic acids is 1. The van der Waals surface area contributed by atoms with E-state index in [0.29, 0.717) is 5.56 Å². The zero-order chi connectivity index (χ0) is 12.3. The van der Waals surface area contributed by atoms with Gasteiger partial charge < -0.3 is 10.4 Å². The maximum atomic E-state index is 11.7. The van der Waals surface area contributed by atoms with Gasteiger partial charge in [-0.1, -0.05) is 18.9 Å². The van der Waals surface area contributed by atoms with E-state index in [-0.39, 0.29) is 11.7 Å². The van der Waals surface area contributed by atoms with Crippen LogP contribution < -0.4 is 5.32 Å². The van der Waals surface area contributed by atoms with Crippen LogP contribution in [0, 0.1) is 12.8 Å². The molecule has 0 spiro atoms. The Morgan fingerprint density at radius 3 is 2.88 bits per heavy atom. The van der Waals surface area contributed by atoms with Crippen LogP contribution in [0.5, 0.6) is 5.75 Å². The van der Waals surface area contributed by atoms with Gasteiger partial charge in [-0.15, -0.1) is 0 Å². The van der Waals surface area contributed by atoms with Crippen LogP contribution in [0.3, 0.4) is 0 Å². The van der Waals surface area contributed by atoms with Gasteiger partial charge in [0.2, 0.25) is 0 Å². The topological polar surface area (TPSA) is 49.3 Å². The minimum absolute atomic E-state index is 0.101. The van der Waals surface area contributed by atoms with Crippen molar-refractivity contribution in [1.29, 1.82) is 0 Å². The van der Waals surface area contributed by atoms with Crippen molar-refractivity contribution in [1.82, 2.24) is 5.32 Å². The van der Waals surface area contributed by atoms with Crippen molar-refractivity contribution >= 4 is 5.91 Å². The van der Waals surface area contributed by atoms with Gasteiger partial charge in [-0.2, -0.15) is 0 Å². The zero-order valence-corrected chi connectivity index (χ0v) is 10.2. The van der Waals surface area contributed by atoms with Gasteiger partial charge in [0.05, 0.1) is 0 Å². The summed E-state index contributed by atoms with van der Waals surface area (Å²) in [4.78, 5) is 11.7. The Hall–Kier alpha value is -1.51. The Balaban J connectivity index is 1.79. The molecule has 0 radical (unpaired) electrons. The minimum Gasteiger partial charge on any atom is -0.508 e. The van der Waals surface area contributed by atoms with Crippen LogP contribution in [0.25, 0.3) is 0 Å². The molecule has 1 saturated carbocycles. The first-order chi connectivity index (χ1) is 8.16. The molecule has 92 valence electrons. The molecule has 3 nitrogen and oxygen atoms in total. The van der Waals surface area contributed by atoms with Crippen LogP contribution in [-0.2, 0) is 0 Å². The van der Waals surface area contributed by atoms with Crippen LogP contribution in [-0.4, -0.2) is 17.6 Å². The van der Waals surface area contributed by atoms with Gasteiger partial charge >= 0.3 is 0 Å². The van der Waals surface area contributed by atoms with E-state index >= 15 is 0 Å². The third-order valence-corrected chi connectivity index (χ3v) is 3.24. The molecule has 0 atom stereocenters. The molecule has 0 saturated heterocycles. The zero-order valence-electron chi connectivity index (χ0n) is 10.2. The molecule has 0 aromatic heterocycles. The highest BCUT2D eigenvalue weighted by molar-refractivity contribution is 5.94. The van der Waals surface area contributed by atoms with Gasteiger partial charge in [-0.05, 0) is 43.4 Å². The molecule has 1 aromatic rings. The second kappa shape index (κ2) is 5.21. The van der Waals surface area contributed by atoms with E-state index < -0.39 is 0 Å². The van der Waals surface area contributed by atoms with Gasteiger partial charge in [0.25, 0.3) is 5.91 Å². The van der Waals surface area contributed by atoms with Crippen molar-refractivity contribution in [2.45, 2.75) is 32.6 Å². The molecule has 1 amide bonds. The lowest BCUT2D eigenvalue weighted by atomic mass is 10.1. The van der Waals surface area contributed by atoms with Crippen LogP contribution in [0.4, 0.5) is 0 Å². The summed E-state index contributed by atoms with van der Waals surface area (Å²) < 4.78 is 0. The summed E-state index contributed by atoms with van der Waals surface area (Å²) in [5.74, 6) is 0.988. The fourth-order valence-corrected chi connectivity index (χ4v) is 1.85. The van der Waals surface area contributed by atoms with Gasteiger partial charge in [-0.25, -0.2) is 0 Å². The molecule has 1 aliphatic rings. The molecule has 2 rings (SSSR count). The van der Waals surface area contributed by atoms with Crippen molar-refractivity contribution in [2.24, 2.45) is 5.92 Å². The molecule has 0 aliphatic heterocycles. The van der Waals surface area contributed by atoms with Crippen molar-refractivity contribution in [2.75, 3.05) is 6.54 Å². The number of carbonyl (C=O) groups is 1. The molecule has 0 unspecified atom stereocenters. The van der Waals surface area contributed by atoms with E-state index in [0.717, 1.165) is 24.4 Å². The molecule has 3 heteroatoms. The fourth-order valence-electron chi connectivity index (χ4n) is 1.85. The highest BCUT2D eigenvalue weighted by atomic mass is 16.3. The molecule has 1 aliphatic carbocycles. The van der Waals surface area contributed by atoms with Crippen molar-refractivity contribution < 1.29 is 9.90 Å². The Labute approximate surface area is 102 Å². The van der Waals surface area contributed by atoms with Crippen molar-refractivity contribution in [3.05, 3.63) is 29.3 Å². The van der Waals surface area contributed by atoms with Crippen LogP contribution in [0.15, 0.2) is 18.2 Å². The van der Waals surface area contributed by atoms with Gasteiger partial charge in [-0.3, -0.25) is 4.79 Å². The Morgan fingerprint density at radius 1 is 1.47 bits per heavy atom. The van der Waals surface area contributed by atoms with E-state index in [1.807, 2.05) is 6.92 Å². The highest BCUT2D eigenvalue weighted by Crippen LogP contribution is 2.33. The Morgan fingerprint density at radius 2 is 2.24 bits per heavy atom. The Kier molecular flexibility index (Phi) is 3.67. The average molecular weight is 233 g/mol. The predicted octanol–water partition coefficient (Wildman–Crippen LogP) is 2.62. The first-order valence-corrected chi connectivity index (χ1v) is 6.24. The van der Waals surface area contributed by atoms with E-state index in [2.05, 4.69) is 5.32 Å². The predicted molar refractivity (Wildman–Crippen MR) is 67.1 cm³/mol. The lowest BCUT2D eigenvalue weighted by Crippen LogP contribution is -2.24. The maximum Gasteiger partial charge on any atom is 0.251 e. The van der Waals surface area contributed by atoms with E-state index in [1.54, 1.807) is 12.1 Å². The minimum atomic E-state index is -0.101. The summed E-state index contributed by atoms with van der Waals surface area (Å²) in [5.41, 5.74) is 1.31. The third-order valence-electron chi connectivity index (χ3n) is 3.24. The number of aromatic hydroxyl groups is 1. The van der Waals surface area contributed by atoms with Gasteiger partial charge in [0.15, 0.2) is 0 Å². The largest absolute Gasteiger partial charge is 0.508 e. The lowest BCUT2D eigenvalue weighted by molar-refractivity contribution is 0.0952. The average Bonchev–Trinajstić information content (AvgIpc) is 3.12. The summed E-state index contributed by atoms with van der Waals surface area (Å²) in [6, 6.07) is 5.02. The number of phenols is 1. The fraction of sp³-hybridized carbons (Fsp3) is 0.500. The number of hydrogen-bond acceptors (Lipinski definition) is 2. The smallest absolute Gasteiger partial charge is 0.251 e. The van der Waals surface area contributed by atoms with Crippen LogP contribution in [0.1, 0.15) is 41.6 Å². The van der Waals surface area contributed by atoms with E-state index in [1.165, 1.54) is 25.3 Å². The monoisotopic (exact) mass is 233 g/mol. The number of benzene rings is 1. The molecule has 2 N–H and O–H groups in total. The molecule has 0 heterocycles. The molecular formula is C14H19NO2. The summed E-state index contributed by atoms with van der Waals surface area (Å²) in [7, 11) is 0. The Bertz CT molecular complexity index is 411. The first kappa shape index (κ1) is 12.0. The first-order valence-electron chi connectivity index (χ1n) is 6.24. The third kappa shape index (κ3) is 3.48. The number of rotatable bonds is 5. The summed E-state index contributed by atoms with van der Waals surface area (Å²) in [5, 5.41) is 12.4. The summed E-state index contributed by atoms with van der Waals surface area (Å²) >= 11 is 0. The molecule has 1 aromatic carbocycles. The number of amides is 1. The standard InChI is InChI=1S/C14H19NO2/c1-10-4-7-12(9-13(10)16)14(17)15-8-2-3-11-5-6-11/h4,7,9,11,16H,2-3,5-6,8H2,1H3,(H,15,17). The van der Waals surface area contributed by atoms with Gasteiger partial charge in [0.1, 0.15) is 5.75 Å². The number of hydrogen-bond donors (Lipinski definition) is 2. The molecule has 0 bridgehead atoms. The van der Waals surface area contributed by atoms with E-state index in [9.17, 15) is 9.90 Å². The SMILES string of the molecule is Cc1ccc(C(=O)NCCCC2CC2)cc1O. The van der Waals surface area contributed by atoms with Crippen molar-refractivity contribution in [3.8, 4) is 5.75 Å². The van der Waals surface area contributed by atoms with Gasteiger partial charge in [0, 0.05) is 12.1 Å².